The Kier molecular flexibility index (Phi) is 6.29. The maximum atomic E-state index is 13.4. The smallest absolute Gasteiger partial charge is 0.244 e. The Morgan fingerprint density at radius 3 is 2.67 bits per heavy atom. The molecule has 0 aliphatic rings. The van der Waals surface area contributed by atoms with Crippen LogP contribution in [0.1, 0.15) is 32.3 Å². The van der Waals surface area contributed by atoms with E-state index in [-0.39, 0.29) is 24.0 Å². The number of hydrogen-bond acceptors (Lipinski definition) is 2. The molecule has 1 amide bonds. The Hall–Kier alpha value is -1.13. The SMILES string of the molecule is CCCC(C)(N)C(=O)Nc1cc(C)ccc1F.Cl. The molecule has 5 heteroatoms. The van der Waals surface area contributed by atoms with Gasteiger partial charge in [-0.3, -0.25) is 4.79 Å². The minimum atomic E-state index is -0.967. The zero-order valence-electron chi connectivity index (χ0n) is 10.9. The molecule has 0 heterocycles. The first-order valence-electron chi connectivity index (χ1n) is 5.73. The van der Waals surface area contributed by atoms with Gasteiger partial charge in [0.25, 0.3) is 0 Å². The third kappa shape index (κ3) is 4.27. The Morgan fingerprint density at radius 1 is 1.50 bits per heavy atom. The second-order valence-electron chi connectivity index (χ2n) is 4.60. The molecule has 0 aromatic heterocycles. The third-order valence-corrected chi connectivity index (χ3v) is 2.66. The standard InChI is InChI=1S/C13H19FN2O.ClH/c1-4-7-13(3,15)12(17)16-11-8-9(2)5-6-10(11)14;/h5-6,8H,4,7,15H2,1-3H3,(H,16,17);1H. The zero-order chi connectivity index (χ0) is 13.1. The molecule has 0 bridgehead atoms. The molecule has 0 saturated carbocycles. The van der Waals surface area contributed by atoms with Crippen LogP contribution < -0.4 is 11.1 Å². The molecule has 1 aromatic rings. The maximum Gasteiger partial charge on any atom is 0.244 e. The van der Waals surface area contributed by atoms with E-state index in [1.807, 2.05) is 13.8 Å². The number of amides is 1. The van der Waals surface area contributed by atoms with Gasteiger partial charge in [-0.15, -0.1) is 12.4 Å². The van der Waals surface area contributed by atoms with Gasteiger partial charge in [-0.05, 0) is 38.0 Å². The fourth-order valence-electron chi connectivity index (χ4n) is 1.63. The normalized spacial score (nSPS) is 13.4. The first-order chi connectivity index (χ1) is 7.86. The predicted molar refractivity (Wildman–Crippen MR) is 74.5 cm³/mol. The van der Waals surface area contributed by atoms with Gasteiger partial charge in [-0.25, -0.2) is 4.39 Å². The van der Waals surface area contributed by atoms with E-state index in [1.165, 1.54) is 6.07 Å². The first-order valence-corrected chi connectivity index (χ1v) is 5.73. The Bertz CT molecular complexity index is 421. The van der Waals surface area contributed by atoms with E-state index in [4.69, 9.17) is 5.73 Å². The van der Waals surface area contributed by atoms with Crippen LogP contribution in [-0.4, -0.2) is 11.4 Å². The topological polar surface area (TPSA) is 55.1 Å². The summed E-state index contributed by atoms with van der Waals surface area (Å²) in [5.74, 6) is -0.805. The number of anilines is 1. The van der Waals surface area contributed by atoms with Crippen LogP contribution in [0.15, 0.2) is 18.2 Å². The molecule has 1 rings (SSSR count). The highest BCUT2D eigenvalue weighted by Crippen LogP contribution is 2.18. The van der Waals surface area contributed by atoms with Crippen molar-refractivity contribution in [2.24, 2.45) is 5.73 Å². The van der Waals surface area contributed by atoms with Gasteiger partial charge in [0.05, 0.1) is 11.2 Å². The van der Waals surface area contributed by atoms with Crippen LogP contribution in [-0.2, 0) is 4.79 Å². The molecule has 3 nitrogen and oxygen atoms in total. The van der Waals surface area contributed by atoms with Crippen molar-refractivity contribution >= 4 is 24.0 Å². The highest BCUT2D eigenvalue weighted by atomic mass is 35.5. The number of halogens is 2. The highest BCUT2D eigenvalue weighted by Gasteiger charge is 2.27. The lowest BCUT2D eigenvalue weighted by molar-refractivity contribution is -0.120. The van der Waals surface area contributed by atoms with E-state index in [9.17, 15) is 9.18 Å². The van der Waals surface area contributed by atoms with E-state index in [0.29, 0.717) is 6.42 Å². The van der Waals surface area contributed by atoms with Crippen molar-refractivity contribution in [1.29, 1.82) is 0 Å². The summed E-state index contributed by atoms with van der Waals surface area (Å²) in [6.07, 6.45) is 1.36. The van der Waals surface area contributed by atoms with Crippen molar-refractivity contribution in [3.8, 4) is 0 Å². The molecule has 3 N–H and O–H groups in total. The van der Waals surface area contributed by atoms with Crippen LogP contribution in [0.2, 0.25) is 0 Å². The molecule has 1 aromatic carbocycles. The van der Waals surface area contributed by atoms with Gasteiger partial charge in [0.2, 0.25) is 5.91 Å². The van der Waals surface area contributed by atoms with Crippen molar-refractivity contribution < 1.29 is 9.18 Å². The molecular weight excluding hydrogens is 255 g/mol. The fourth-order valence-corrected chi connectivity index (χ4v) is 1.63. The van der Waals surface area contributed by atoms with Crippen molar-refractivity contribution in [1.82, 2.24) is 0 Å². The van der Waals surface area contributed by atoms with Crippen molar-refractivity contribution in [3.63, 3.8) is 0 Å². The van der Waals surface area contributed by atoms with Crippen LogP contribution in [0.4, 0.5) is 10.1 Å². The predicted octanol–water partition coefficient (Wildman–Crippen LogP) is 3.01. The number of benzene rings is 1. The average molecular weight is 275 g/mol. The molecule has 0 spiro atoms. The zero-order valence-corrected chi connectivity index (χ0v) is 11.7. The molecule has 0 saturated heterocycles. The number of hydrogen-bond donors (Lipinski definition) is 2. The largest absolute Gasteiger partial charge is 0.322 e. The average Bonchev–Trinajstić information content (AvgIpc) is 2.23. The van der Waals surface area contributed by atoms with Crippen LogP contribution in [0.3, 0.4) is 0 Å². The Labute approximate surface area is 113 Å². The summed E-state index contributed by atoms with van der Waals surface area (Å²) < 4.78 is 13.4. The molecule has 0 aliphatic carbocycles. The summed E-state index contributed by atoms with van der Waals surface area (Å²) in [5, 5.41) is 2.54. The molecule has 0 radical (unpaired) electrons. The number of carbonyl (C=O) groups is 1. The van der Waals surface area contributed by atoms with Crippen molar-refractivity contribution in [2.75, 3.05) is 5.32 Å². The molecule has 0 aliphatic heterocycles. The summed E-state index contributed by atoms with van der Waals surface area (Å²) in [6.45, 7) is 5.44. The number of nitrogens with one attached hydrogen (secondary N) is 1. The minimum absolute atomic E-state index is 0. The maximum absolute atomic E-state index is 13.4. The van der Waals surface area contributed by atoms with Crippen molar-refractivity contribution in [3.05, 3.63) is 29.6 Å². The summed E-state index contributed by atoms with van der Waals surface area (Å²) in [4.78, 5) is 11.9. The van der Waals surface area contributed by atoms with Crippen LogP contribution in [0, 0.1) is 12.7 Å². The van der Waals surface area contributed by atoms with Gasteiger partial charge in [0, 0.05) is 0 Å². The van der Waals surface area contributed by atoms with Gasteiger partial charge in [-0.2, -0.15) is 0 Å². The number of aryl methyl sites for hydroxylation is 1. The molecule has 102 valence electrons. The third-order valence-electron chi connectivity index (χ3n) is 2.66. The fraction of sp³-hybridized carbons (Fsp3) is 0.462. The summed E-state index contributed by atoms with van der Waals surface area (Å²) in [5.41, 5.74) is 5.97. The first kappa shape index (κ1) is 16.9. The summed E-state index contributed by atoms with van der Waals surface area (Å²) in [6, 6.07) is 4.58. The summed E-state index contributed by atoms with van der Waals surface area (Å²) >= 11 is 0. The monoisotopic (exact) mass is 274 g/mol. The van der Waals surface area contributed by atoms with Crippen molar-refractivity contribution in [2.45, 2.75) is 39.2 Å². The lowest BCUT2D eigenvalue weighted by Crippen LogP contribution is -2.48. The molecule has 0 fully saturated rings. The highest BCUT2D eigenvalue weighted by molar-refractivity contribution is 5.97. The molecule has 18 heavy (non-hydrogen) atoms. The summed E-state index contributed by atoms with van der Waals surface area (Å²) in [7, 11) is 0. The lowest BCUT2D eigenvalue weighted by Gasteiger charge is -2.23. The number of nitrogens with two attached hydrogens (primary N) is 1. The Balaban J connectivity index is 0.00000289. The van der Waals surface area contributed by atoms with Gasteiger partial charge in [-0.1, -0.05) is 19.4 Å². The van der Waals surface area contributed by atoms with Gasteiger partial charge >= 0.3 is 0 Å². The Morgan fingerprint density at radius 2 is 2.11 bits per heavy atom. The van der Waals surface area contributed by atoms with Crippen LogP contribution >= 0.6 is 12.4 Å². The van der Waals surface area contributed by atoms with Crippen LogP contribution in [0.5, 0.6) is 0 Å². The second kappa shape index (κ2) is 6.71. The molecule has 1 atom stereocenters. The lowest BCUT2D eigenvalue weighted by atomic mass is 9.96. The number of carbonyl (C=O) groups excluding carboxylic acids is 1. The van der Waals surface area contributed by atoms with E-state index in [2.05, 4.69) is 5.32 Å². The van der Waals surface area contributed by atoms with Gasteiger partial charge < -0.3 is 11.1 Å². The van der Waals surface area contributed by atoms with E-state index in [0.717, 1.165) is 12.0 Å². The second-order valence-corrected chi connectivity index (χ2v) is 4.60. The minimum Gasteiger partial charge on any atom is -0.322 e. The van der Waals surface area contributed by atoms with Crippen LogP contribution in [0.25, 0.3) is 0 Å². The quantitative estimate of drug-likeness (QED) is 0.887. The molecule has 1 unspecified atom stereocenters. The van der Waals surface area contributed by atoms with E-state index < -0.39 is 11.4 Å². The van der Waals surface area contributed by atoms with E-state index in [1.54, 1.807) is 19.1 Å². The van der Waals surface area contributed by atoms with Gasteiger partial charge in [0.1, 0.15) is 5.82 Å². The number of rotatable bonds is 4. The molecular formula is C13H20ClFN2O. The van der Waals surface area contributed by atoms with E-state index >= 15 is 0 Å². The van der Waals surface area contributed by atoms with Gasteiger partial charge in [0.15, 0.2) is 0 Å².